The number of hydrogen-bond acceptors (Lipinski definition) is 3. The molecular formula is C20H25N3O. The van der Waals surface area contributed by atoms with E-state index in [1.54, 1.807) is 6.20 Å². The number of carbonyl (C=O) groups excluding carboxylic acids is 1. The summed E-state index contributed by atoms with van der Waals surface area (Å²) in [5, 5.41) is 2.93. The monoisotopic (exact) mass is 323 g/mol. The van der Waals surface area contributed by atoms with E-state index in [2.05, 4.69) is 15.2 Å². The number of nitrogens with zero attached hydrogens (tertiary/aromatic N) is 2. The molecule has 2 aromatic rings. The molecule has 3 rings (SSSR count). The van der Waals surface area contributed by atoms with Crippen molar-refractivity contribution in [3.63, 3.8) is 0 Å². The predicted molar refractivity (Wildman–Crippen MR) is 98.3 cm³/mol. The van der Waals surface area contributed by atoms with Gasteiger partial charge in [0.15, 0.2) is 0 Å². The fourth-order valence-electron chi connectivity index (χ4n) is 3.07. The van der Waals surface area contributed by atoms with Crippen molar-refractivity contribution in [2.24, 2.45) is 0 Å². The van der Waals surface area contributed by atoms with Crippen LogP contribution in [0.1, 0.15) is 37.7 Å². The lowest BCUT2D eigenvalue weighted by molar-refractivity contribution is -0.116. The second-order valence-corrected chi connectivity index (χ2v) is 6.34. The molecule has 4 nitrogen and oxygen atoms in total. The molecule has 1 amide bonds. The van der Waals surface area contributed by atoms with E-state index in [9.17, 15) is 4.79 Å². The minimum absolute atomic E-state index is 0.0307. The lowest BCUT2D eigenvalue weighted by Gasteiger charge is -2.21. The van der Waals surface area contributed by atoms with Gasteiger partial charge in [0.2, 0.25) is 5.91 Å². The molecule has 1 N–H and O–H groups in total. The highest BCUT2D eigenvalue weighted by atomic mass is 16.1. The molecule has 0 bridgehead atoms. The number of carbonyl (C=O) groups is 1. The number of hydrogen-bond donors (Lipinski definition) is 1. The van der Waals surface area contributed by atoms with Crippen LogP contribution in [0.2, 0.25) is 0 Å². The summed E-state index contributed by atoms with van der Waals surface area (Å²) in [6, 6.07) is 14.0. The number of amides is 1. The topological polar surface area (TPSA) is 45.2 Å². The van der Waals surface area contributed by atoms with Crippen LogP contribution in [-0.4, -0.2) is 24.0 Å². The van der Waals surface area contributed by atoms with Crippen LogP contribution < -0.4 is 10.2 Å². The fourth-order valence-corrected chi connectivity index (χ4v) is 3.07. The van der Waals surface area contributed by atoms with Crippen molar-refractivity contribution in [1.82, 2.24) is 4.98 Å². The third kappa shape index (κ3) is 4.82. The van der Waals surface area contributed by atoms with Crippen molar-refractivity contribution in [3.8, 4) is 0 Å². The van der Waals surface area contributed by atoms with Gasteiger partial charge in [0.05, 0.1) is 11.9 Å². The minimum Gasteiger partial charge on any atom is -0.357 e. The fraction of sp³-hybridized carbons (Fsp3) is 0.400. The molecule has 0 atom stereocenters. The number of benzene rings is 1. The standard InChI is InChI=1S/C20H25N3O/c24-20(13-10-17-8-4-3-5-9-17)22-18-11-12-19(21-16-18)23-14-6-1-2-7-15-23/h3-5,8-9,11-12,16H,1-2,6-7,10,13-15H2,(H,22,24). The number of nitrogens with one attached hydrogen (secondary N) is 1. The highest BCUT2D eigenvalue weighted by Gasteiger charge is 2.11. The molecule has 0 spiro atoms. The molecule has 4 heteroatoms. The molecule has 1 aliphatic rings. The van der Waals surface area contributed by atoms with Crippen LogP contribution in [-0.2, 0) is 11.2 Å². The van der Waals surface area contributed by atoms with Gasteiger partial charge in [-0.15, -0.1) is 0 Å². The Labute approximate surface area is 143 Å². The van der Waals surface area contributed by atoms with Crippen LogP contribution >= 0.6 is 0 Å². The zero-order valence-electron chi connectivity index (χ0n) is 14.1. The molecule has 2 heterocycles. The Bertz CT molecular complexity index is 632. The minimum atomic E-state index is 0.0307. The Kier molecular flexibility index (Phi) is 5.83. The van der Waals surface area contributed by atoms with Crippen LogP contribution in [0.3, 0.4) is 0 Å². The van der Waals surface area contributed by atoms with Crippen LogP contribution in [0.4, 0.5) is 11.5 Å². The molecular weight excluding hydrogens is 298 g/mol. The maximum Gasteiger partial charge on any atom is 0.224 e. The summed E-state index contributed by atoms with van der Waals surface area (Å²) < 4.78 is 0. The Morgan fingerprint density at radius 1 is 1.00 bits per heavy atom. The second kappa shape index (κ2) is 8.48. The van der Waals surface area contributed by atoms with E-state index in [0.717, 1.165) is 31.0 Å². The zero-order chi connectivity index (χ0) is 16.6. The molecule has 126 valence electrons. The normalized spacial score (nSPS) is 14.9. The number of anilines is 2. The SMILES string of the molecule is O=C(CCc1ccccc1)Nc1ccc(N2CCCCCC2)nc1. The lowest BCUT2D eigenvalue weighted by Crippen LogP contribution is -2.24. The average molecular weight is 323 g/mol. The Hall–Kier alpha value is -2.36. The number of aryl methyl sites for hydroxylation is 1. The Balaban J connectivity index is 1.51. The first-order valence-electron chi connectivity index (χ1n) is 8.86. The highest BCUT2D eigenvalue weighted by Crippen LogP contribution is 2.19. The first kappa shape index (κ1) is 16.5. The van der Waals surface area contributed by atoms with Gasteiger partial charge in [-0.3, -0.25) is 4.79 Å². The van der Waals surface area contributed by atoms with E-state index < -0.39 is 0 Å². The summed E-state index contributed by atoms with van der Waals surface area (Å²) in [4.78, 5) is 18.9. The Morgan fingerprint density at radius 3 is 2.42 bits per heavy atom. The molecule has 1 saturated heterocycles. The smallest absolute Gasteiger partial charge is 0.224 e. The molecule has 0 saturated carbocycles. The van der Waals surface area contributed by atoms with Crippen molar-refractivity contribution in [1.29, 1.82) is 0 Å². The third-order valence-electron chi connectivity index (χ3n) is 4.45. The van der Waals surface area contributed by atoms with E-state index in [0.29, 0.717) is 6.42 Å². The number of pyridine rings is 1. The summed E-state index contributed by atoms with van der Waals surface area (Å²) in [6.07, 6.45) is 8.10. The summed E-state index contributed by atoms with van der Waals surface area (Å²) in [6.45, 7) is 2.16. The second-order valence-electron chi connectivity index (χ2n) is 6.34. The van der Waals surface area contributed by atoms with Crippen LogP contribution in [0.5, 0.6) is 0 Å². The van der Waals surface area contributed by atoms with Crippen molar-refractivity contribution in [3.05, 3.63) is 54.2 Å². The van der Waals surface area contributed by atoms with Crippen LogP contribution in [0, 0.1) is 0 Å². The molecule has 0 unspecified atom stereocenters. The molecule has 0 aliphatic carbocycles. The Morgan fingerprint density at radius 2 is 1.75 bits per heavy atom. The van der Waals surface area contributed by atoms with Gasteiger partial charge in [0.25, 0.3) is 0 Å². The zero-order valence-corrected chi connectivity index (χ0v) is 14.1. The summed E-state index contributed by atoms with van der Waals surface area (Å²) in [7, 11) is 0. The van der Waals surface area contributed by atoms with Crippen molar-refractivity contribution in [2.75, 3.05) is 23.3 Å². The first-order chi connectivity index (χ1) is 11.8. The lowest BCUT2D eigenvalue weighted by atomic mass is 10.1. The van der Waals surface area contributed by atoms with Gasteiger partial charge in [-0.05, 0) is 37.0 Å². The molecule has 24 heavy (non-hydrogen) atoms. The van der Waals surface area contributed by atoms with Gasteiger partial charge >= 0.3 is 0 Å². The van der Waals surface area contributed by atoms with E-state index in [1.165, 1.54) is 31.2 Å². The van der Waals surface area contributed by atoms with E-state index in [1.807, 2.05) is 42.5 Å². The van der Waals surface area contributed by atoms with Gasteiger partial charge < -0.3 is 10.2 Å². The van der Waals surface area contributed by atoms with Gasteiger partial charge in [-0.1, -0.05) is 43.2 Å². The molecule has 1 fully saturated rings. The van der Waals surface area contributed by atoms with Gasteiger partial charge in [-0.2, -0.15) is 0 Å². The van der Waals surface area contributed by atoms with E-state index in [4.69, 9.17) is 0 Å². The van der Waals surface area contributed by atoms with E-state index >= 15 is 0 Å². The quantitative estimate of drug-likeness (QED) is 0.903. The largest absolute Gasteiger partial charge is 0.357 e. The van der Waals surface area contributed by atoms with Crippen molar-refractivity contribution in [2.45, 2.75) is 38.5 Å². The number of rotatable bonds is 5. The molecule has 1 aliphatic heterocycles. The maximum absolute atomic E-state index is 12.1. The predicted octanol–water partition coefficient (Wildman–Crippen LogP) is 4.03. The van der Waals surface area contributed by atoms with Crippen LogP contribution in [0.25, 0.3) is 0 Å². The number of aromatic nitrogens is 1. The maximum atomic E-state index is 12.1. The third-order valence-corrected chi connectivity index (χ3v) is 4.45. The van der Waals surface area contributed by atoms with Gasteiger partial charge in [0, 0.05) is 19.5 Å². The molecule has 1 aromatic carbocycles. The summed E-state index contributed by atoms with van der Waals surface area (Å²) in [5.41, 5.74) is 1.95. The first-order valence-corrected chi connectivity index (χ1v) is 8.86. The summed E-state index contributed by atoms with van der Waals surface area (Å²) >= 11 is 0. The molecule has 1 aromatic heterocycles. The van der Waals surface area contributed by atoms with Gasteiger partial charge in [-0.25, -0.2) is 4.98 Å². The average Bonchev–Trinajstić information content (AvgIpc) is 2.91. The summed E-state index contributed by atoms with van der Waals surface area (Å²) in [5.74, 6) is 1.04. The molecule has 0 radical (unpaired) electrons. The van der Waals surface area contributed by atoms with Crippen LogP contribution in [0.15, 0.2) is 48.7 Å². The van der Waals surface area contributed by atoms with Crippen molar-refractivity contribution < 1.29 is 4.79 Å². The highest BCUT2D eigenvalue weighted by molar-refractivity contribution is 5.90. The van der Waals surface area contributed by atoms with E-state index in [-0.39, 0.29) is 5.91 Å². The van der Waals surface area contributed by atoms with Crippen molar-refractivity contribution >= 4 is 17.4 Å². The van der Waals surface area contributed by atoms with Gasteiger partial charge in [0.1, 0.15) is 5.82 Å².